The lowest BCUT2D eigenvalue weighted by Gasteiger charge is -2.43. The van der Waals surface area contributed by atoms with Gasteiger partial charge in [-0.25, -0.2) is 8.42 Å². The Morgan fingerprint density at radius 2 is 2.06 bits per heavy atom. The van der Waals surface area contributed by atoms with Crippen molar-refractivity contribution in [2.45, 2.75) is 25.8 Å². The predicted molar refractivity (Wildman–Crippen MR) is 76.0 cm³/mol. The summed E-state index contributed by atoms with van der Waals surface area (Å²) in [4.78, 5) is 2.32. The Hall–Kier alpha value is 0.220. The Morgan fingerprint density at radius 1 is 1.39 bits per heavy atom. The summed E-state index contributed by atoms with van der Waals surface area (Å²) < 4.78 is 28.6. The van der Waals surface area contributed by atoms with Crippen LogP contribution in [0.4, 0.5) is 0 Å². The average Bonchev–Trinajstić information content (AvgIpc) is 2.34. The molecule has 0 aromatic heterocycles. The molecule has 2 aliphatic rings. The fourth-order valence-corrected chi connectivity index (χ4v) is 4.91. The maximum atomic E-state index is 11.6. The molecule has 0 spiro atoms. The van der Waals surface area contributed by atoms with Gasteiger partial charge in [-0.05, 0) is 30.9 Å². The molecule has 0 saturated carbocycles. The Bertz CT molecular complexity index is 377. The van der Waals surface area contributed by atoms with Crippen molar-refractivity contribution in [1.82, 2.24) is 4.90 Å². The van der Waals surface area contributed by atoms with Crippen LogP contribution in [-0.4, -0.2) is 62.9 Å². The van der Waals surface area contributed by atoms with Gasteiger partial charge < -0.3 is 4.74 Å². The lowest BCUT2D eigenvalue weighted by molar-refractivity contribution is 0.00317. The third-order valence-electron chi connectivity index (χ3n) is 4.24. The van der Waals surface area contributed by atoms with Gasteiger partial charge in [0.1, 0.15) is 0 Å². The first kappa shape index (κ1) is 14.6. The van der Waals surface area contributed by atoms with Crippen LogP contribution in [-0.2, 0) is 14.6 Å². The molecule has 2 heterocycles. The summed E-state index contributed by atoms with van der Waals surface area (Å²) in [6.45, 7) is 5.25. The fraction of sp³-hybridized carbons (Fsp3) is 1.00. The third kappa shape index (κ3) is 3.40. The van der Waals surface area contributed by atoms with E-state index in [0.717, 1.165) is 38.4 Å². The molecule has 6 heteroatoms. The lowest BCUT2D eigenvalue weighted by atomic mass is 9.81. The SMILES string of the molecule is CC1CS(=O)(=O)CCN1CC1(CS)CCOCC1. The van der Waals surface area contributed by atoms with Gasteiger partial charge in [-0.3, -0.25) is 4.90 Å². The molecule has 0 aromatic carbocycles. The zero-order valence-corrected chi connectivity index (χ0v) is 12.7. The van der Waals surface area contributed by atoms with Gasteiger partial charge >= 0.3 is 0 Å². The van der Waals surface area contributed by atoms with Crippen LogP contribution in [0.3, 0.4) is 0 Å². The highest BCUT2D eigenvalue weighted by molar-refractivity contribution is 7.91. The van der Waals surface area contributed by atoms with Gasteiger partial charge in [0.2, 0.25) is 0 Å². The van der Waals surface area contributed by atoms with Gasteiger partial charge in [0.15, 0.2) is 9.84 Å². The van der Waals surface area contributed by atoms with Gasteiger partial charge in [-0.1, -0.05) is 0 Å². The predicted octanol–water partition coefficient (Wildman–Crippen LogP) is 0.832. The average molecular weight is 293 g/mol. The van der Waals surface area contributed by atoms with Crippen molar-refractivity contribution in [3.8, 4) is 0 Å². The number of sulfone groups is 1. The topological polar surface area (TPSA) is 46.6 Å². The van der Waals surface area contributed by atoms with Gasteiger partial charge in [-0.2, -0.15) is 12.6 Å². The molecule has 106 valence electrons. The number of ether oxygens (including phenoxy) is 1. The smallest absolute Gasteiger partial charge is 0.153 e. The van der Waals surface area contributed by atoms with Crippen LogP contribution in [0.1, 0.15) is 19.8 Å². The van der Waals surface area contributed by atoms with Crippen LogP contribution >= 0.6 is 12.6 Å². The van der Waals surface area contributed by atoms with Crippen molar-refractivity contribution >= 4 is 22.5 Å². The van der Waals surface area contributed by atoms with Crippen LogP contribution in [0.2, 0.25) is 0 Å². The molecule has 18 heavy (non-hydrogen) atoms. The van der Waals surface area contributed by atoms with E-state index in [1.165, 1.54) is 0 Å². The van der Waals surface area contributed by atoms with Crippen LogP contribution < -0.4 is 0 Å². The highest BCUT2D eigenvalue weighted by Crippen LogP contribution is 2.33. The number of hydrogen-bond acceptors (Lipinski definition) is 5. The molecule has 0 N–H and O–H groups in total. The second-order valence-electron chi connectivity index (χ2n) is 5.70. The second kappa shape index (κ2) is 5.69. The number of thiol groups is 1. The van der Waals surface area contributed by atoms with Crippen LogP contribution in [0.15, 0.2) is 0 Å². The van der Waals surface area contributed by atoms with Gasteiger partial charge in [0, 0.05) is 32.3 Å². The molecule has 1 atom stereocenters. The van der Waals surface area contributed by atoms with E-state index in [-0.39, 0.29) is 11.5 Å². The first-order chi connectivity index (χ1) is 8.46. The van der Waals surface area contributed by atoms with Gasteiger partial charge in [-0.15, -0.1) is 0 Å². The van der Waals surface area contributed by atoms with Crippen molar-refractivity contribution in [2.75, 3.05) is 43.6 Å². The number of hydrogen-bond donors (Lipinski definition) is 1. The van der Waals surface area contributed by atoms with E-state index < -0.39 is 9.84 Å². The zero-order chi connectivity index (χ0) is 13.2. The lowest BCUT2D eigenvalue weighted by Crippen LogP contribution is -2.52. The zero-order valence-electron chi connectivity index (χ0n) is 11.0. The van der Waals surface area contributed by atoms with Crippen molar-refractivity contribution in [2.24, 2.45) is 5.41 Å². The molecule has 0 radical (unpaired) electrons. The molecule has 2 fully saturated rings. The molecule has 0 aliphatic carbocycles. The number of rotatable bonds is 3. The third-order valence-corrected chi connectivity index (χ3v) is 6.70. The summed E-state index contributed by atoms with van der Waals surface area (Å²) in [6, 6.07) is 0.128. The summed E-state index contributed by atoms with van der Waals surface area (Å²) in [5.74, 6) is 1.45. The fourth-order valence-electron chi connectivity index (χ4n) is 2.87. The van der Waals surface area contributed by atoms with Crippen molar-refractivity contribution < 1.29 is 13.2 Å². The van der Waals surface area contributed by atoms with Gasteiger partial charge in [0.05, 0.1) is 11.5 Å². The molecule has 2 aliphatic heterocycles. The van der Waals surface area contributed by atoms with Crippen LogP contribution in [0, 0.1) is 5.41 Å². The van der Waals surface area contributed by atoms with Gasteiger partial charge in [0.25, 0.3) is 0 Å². The minimum Gasteiger partial charge on any atom is -0.381 e. The molecule has 4 nitrogen and oxygen atoms in total. The molecule has 0 bridgehead atoms. The Labute approximate surface area is 115 Å². The van der Waals surface area contributed by atoms with Crippen molar-refractivity contribution in [3.05, 3.63) is 0 Å². The van der Waals surface area contributed by atoms with Crippen LogP contribution in [0.25, 0.3) is 0 Å². The second-order valence-corrected chi connectivity index (χ2v) is 8.25. The maximum Gasteiger partial charge on any atom is 0.153 e. The summed E-state index contributed by atoms with van der Waals surface area (Å²) in [5.41, 5.74) is 0.205. The van der Waals surface area contributed by atoms with E-state index in [4.69, 9.17) is 4.74 Å². The Balaban J connectivity index is 2.00. The molecule has 0 amide bonds. The largest absolute Gasteiger partial charge is 0.381 e. The molecular formula is C12H23NO3S2. The van der Waals surface area contributed by atoms with E-state index >= 15 is 0 Å². The summed E-state index contributed by atoms with van der Waals surface area (Å²) in [7, 11) is -2.82. The van der Waals surface area contributed by atoms with Crippen molar-refractivity contribution in [3.63, 3.8) is 0 Å². The van der Waals surface area contributed by atoms with Crippen molar-refractivity contribution in [1.29, 1.82) is 0 Å². The van der Waals surface area contributed by atoms with E-state index in [2.05, 4.69) is 17.5 Å². The minimum absolute atomic E-state index is 0.128. The highest BCUT2D eigenvalue weighted by Gasteiger charge is 2.37. The molecule has 2 saturated heterocycles. The monoisotopic (exact) mass is 293 g/mol. The van der Waals surface area contributed by atoms with Crippen LogP contribution in [0.5, 0.6) is 0 Å². The number of nitrogens with zero attached hydrogens (tertiary/aromatic N) is 1. The van der Waals surface area contributed by atoms with E-state index in [9.17, 15) is 8.42 Å². The Kier molecular flexibility index (Phi) is 4.62. The normalized spacial score (nSPS) is 32.2. The highest BCUT2D eigenvalue weighted by atomic mass is 32.2. The first-order valence-corrected chi connectivity index (χ1v) is 9.05. The summed E-state index contributed by atoms with van der Waals surface area (Å²) in [6.07, 6.45) is 2.07. The quantitative estimate of drug-likeness (QED) is 0.783. The molecule has 0 aromatic rings. The van der Waals surface area contributed by atoms with E-state index in [1.54, 1.807) is 0 Å². The van der Waals surface area contributed by atoms with E-state index in [0.29, 0.717) is 18.1 Å². The summed E-state index contributed by atoms with van der Waals surface area (Å²) in [5, 5.41) is 0. The molecule has 1 unspecified atom stereocenters. The summed E-state index contributed by atoms with van der Waals surface area (Å²) >= 11 is 4.51. The molecule has 2 rings (SSSR count). The maximum absolute atomic E-state index is 11.6. The van der Waals surface area contributed by atoms with E-state index in [1.807, 2.05) is 6.92 Å². The molecular weight excluding hydrogens is 270 g/mol. The first-order valence-electron chi connectivity index (χ1n) is 6.59. The standard InChI is InChI=1S/C12H23NO3S2/c1-11-8-18(14,15)7-4-13(11)9-12(10-17)2-5-16-6-3-12/h11,17H,2-10H2,1H3. The Morgan fingerprint density at radius 3 is 2.61 bits per heavy atom. The minimum atomic E-state index is -2.82.